The lowest BCUT2D eigenvalue weighted by atomic mass is 10.1. The van der Waals surface area contributed by atoms with E-state index in [1.165, 1.54) is 18.6 Å². The highest BCUT2D eigenvalue weighted by molar-refractivity contribution is 6.13. The van der Waals surface area contributed by atoms with Crippen LogP contribution >= 0.6 is 0 Å². The number of aromatic nitrogens is 2. The predicted octanol–water partition coefficient (Wildman–Crippen LogP) is -0.416. The maximum Gasteiger partial charge on any atom is 0.432 e. The van der Waals surface area contributed by atoms with Crippen molar-refractivity contribution in [3.05, 3.63) is 60.2 Å². The number of aliphatic carboxylic acids is 2. The van der Waals surface area contributed by atoms with Gasteiger partial charge in [-0.3, -0.25) is 14.6 Å². The molecule has 1 aromatic carbocycles. The molecule has 1 aromatic heterocycles. The van der Waals surface area contributed by atoms with Gasteiger partial charge in [0.2, 0.25) is 0 Å². The Bertz CT molecular complexity index is 810. The molecular formula is C20H29BN4O7. The molecule has 11 nitrogen and oxygen atoms in total. The maximum atomic E-state index is 11.9. The SMILES string of the molecule is CC(C)C[C@H](N)C(=O)O.O=C(N[C@H](Cc1ccccc1)C(=O)O)c1cnccn1.OBO. The number of carboxylic acids is 2. The molecule has 7 N–H and O–H groups in total. The number of nitrogens with two attached hydrogens (primary N) is 1. The van der Waals surface area contributed by atoms with Crippen molar-refractivity contribution in [1.82, 2.24) is 15.3 Å². The monoisotopic (exact) mass is 448 g/mol. The summed E-state index contributed by atoms with van der Waals surface area (Å²) in [5.41, 5.74) is 6.14. The number of benzene rings is 1. The van der Waals surface area contributed by atoms with Crippen molar-refractivity contribution < 1.29 is 34.6 Å². The molecule has 0 radical (unpaired) electrons. The van der Waals surface area contributed by atoms with E-state index in [9.17, 15) is 19.5 Å². The Balaban J connectivity index is 0.000000672. The van der Waals surface area contributed by atoms with Crippen molar-refractivity contribution >= 4 is 25.5 Å². The van der Waals surface area contributed by atoms with Gasteiger partial charge in [-0.15, -0.1) is 0 Å². The summed E-state index contributed by atoms with van der Waals surface area (Å²) >= 11 is 0. The molecule has 2 aromatic rings. The number of carbonyl (C=O) groups excluding carboxylic acids is 1. The van der Waals surface area contributed by atoms with Gasteiger partial charge < -0.3 is 31.3 Å². The van der Waals surface area contributed by atoms with Gasteiger partial charge in [-0.25, -0.2) is 9.78 Å². The summed E-state index contributed by atoms with van der Waals surface area (Å²) in [5, 5.41) is 34.2. The van der Waals surface area contributed by atoms with Gasteiger partial charge >= 0.3 is 19.6 Å². The summed E-state index contributed by atoms with van der Waals surface area (Å²) in [6, 6.07) is 7.40. The highest BCUT2D eigenvalue weighted by Gasteiger charge is 2.21. The van der Waals surface area contributed by atoms with Crippen molar-refractivity contribution in [1.29, 1.82) is 0 Å². The quantitative estimate of drug-likeness (QED) is 0.289. The van der Waals surface area contributed by atoms with E-state index in [-0.39, 0.29) is 12.1 Å². The molecule has 0 bridgehead atoms. The van der Waals surface area contributed by atoms with Crippen LogP contribution in [0.4, 0.5) is 0 Å². The Morgan fingerprint density at radius 2 is 1.66 bits per heavy atom. The minimum Gasteiger partial charge on any atom is -0.480 e. The van der Waals surface area contributed by atoms with Crippen LogP contribution < -0.4 is 11.1 Å². The third-order valence-electron chi connectivity index (χ3n) is 3.72. The zero-order chi connectivity index (χ0) is 24.5. The molecule has 2 rings (SSSR count). The van der Waals surface area contributed by atoms with Crippen LogP contribution in [0.3, 0.4) is 0 Å². The lowest BCUT2D eigenvalue weighted by Crippen LogP contribution is -2.42. The summed E-state index contributed by atoms with van der Waals surface area (Å²) < 4.78 is 0. The molecule has 32 heavy (non-hydrogen) atoms. The van der Waals surface area contributed by atoms with Gasteiger partial charge in [0.05, 0.1) is 6.20 Å². The lowest BCUT2D eigenvalue weighted by Gasteiger charge is -2.14. The summed E-state index contributed by atoms with van der Waals surface area (Å²) in [4.78, 5) is 40.8. The van der Waals surface area contributed by atoms with E-state index in [1.807, 2.05) is 44.2 Å². The first-order valence-corrected chi connectivity index (χ1v) is 9.66. The van der Waals surface area contributed by atoms with Crippen molar-refractivity contribution in [2.24, 2.45) is 11.7 Å². The first-order valence-electron chi connectivity index (χ1n) is 9.66. The molecule has 2 atom stereocenters. The van der Waals surface area contributed by atoms with E-state index in [2.05, 4.69) is 15.3 Å². The van der Waals surface area contributed by atoms with Crippen LogP contribution in [0, 0.1) is 5.92 Å². The first-order chi connectivity index (χ1) is 15.1. The largest absolute Gasteiger partial charge is 0.480 e. The second-order valence-electron chi connectivity index (χ2n) is 6.86. The molecular weight excluding hydrogens is 419 g/mol. The number of hydrogen-bond donors (Lipinski definition) is 6. The zero-order valence-electron chi connectivity index (χ0n) is 18.0. The molecule has 0 spiro atoms. The smallest absolute Gasteiger partial charge is 0.432 e. The number of carboxylic acid groups (broad SMARTS) is 2. The summed E-state index contributed by atoms with van der Waals surface area (Å²) in [6.45, 7) is 3.89. The van der Waals surface area contributed by atoms with Crippen LogP contribution in [0.5, 0.6) is 0 Å². The third-order valence-corrected chi connectivity index (χ3v) is 3.72. The Hall–Kier alpha value is -3.35. The predicted molar refractivity (Wildman–Crippen MR) is 118 cm³/mol. The molecule has 0 aliphatic rings. The number of carbonyl (C=O) groups is 3. The van der Waals surface area contributed by atoms with Crippen LogP contribution in [0.1, 0.15) is 36.3 Å². The molecule has 0 aliphatic carbocycles. The zero-order valence-corrected chi connectivity index (χ0v) is 18.0. The van der Waals surface area contributed by atoms with Crippen LogP contribution in [0.25, 0.3) is 0 Å². The topological polar surface area (TPSA) is 196 Å². The highest BCUT2D eigenvalue weighted by atomic mass is 16.4. The molecule has 0 saturated heterocycles. The number of rotatable bonds is 8. The van der Waals surface area contributed by atoms with Gasteiger partial charge in [0.1, 0.15) is 17.8 Å². The molecule has 1 amide bonds. The fourth-order valence-electron chi connectivity index (χ4n) is 2.31. The van der Waals surface area contributed by atoms with Crippen molar-refractivity contribution in [3.8, 4) is 0 Å². The number of hydrogen-bond acceptors (Lipinski definition) is 8. The van der Waals surface area contributed by atoms with Gasteiger partial charge in [-0.2, -0.15) is 0 Å². The Kier molecular flexibility index (Phi) is 14.7. The molecule has 0 aliphatic heterocycles. The van der Waals surface area contributed by atoms with Crippen molar-refractivity contribution in [2.45, 2.75) is 38.8 Å². The van der Waals surface area contributed by atoms with Gasteiger partial charge in [0.15, 0.2) is 0 Å². The molecule has 0 saturated carbocycles. The maximum absolute atomic E-state index is 11.9. The number of nitrogens with zero attached hydrogens (tertiary/aromatic N) is 2. The minimum absolute atomic E-state index is 0.0896. The Labute approximate surface area is 186 Å². The Morgan fingerprint density at radius 1 is 1.06 bits per heavy atom. The second-order valence-corrected chi connectivity index (χ2v) is 6.86. The van der Waals surface area contributed by atoms with Crippen molar-refractivity contribution in [3.63, 3.8) is 0 Å². The van der Waals surface area contributed by atoms with E-state index in [0.29, 0.717) is 12.3 Å². The van der Waals surface area contributed by atoms with E-state index in [4.69, 9.17) is 20.9 Å². The van der Waals surface area contributed by atoms with E-state index < -0.39 is 37.6 Å². The van der Waals surface area contributed by atoms with Crippen LogP contribution in [-0.4, -0.2) is 67.8 Å². The highest BCUT2D eigenvalue weighted by Crippen LogP contribution is 2.04. The second kappa shape index (κ2) is 16.4. The molecule has 174 valence electrons. The van der Waals surface area contributed by atoms with Crippen LogP contribution in [0.2, 0.25) is 0 Å². The van der Waals surface area contributed by atoms with E-state index in [0.717, 1.165) is 5.56 Å². The molecule has 12 heteroatoms. The summed E-state index contributed by atoms with van der Waals surface area (Å²) in [7, 11) is -0.750. The molecule has 0 fully saturated rings. The van der Waals surface area contributed by atoms with Gasteiger partial charge in [0.25, 0.3) is 5.91 Å². The minimum atomic E-state index is -1.09. The van der Waals surface area contributed by atoms with Gasteiger partial charge in [-0.05, 0) is 17.9 Å². The Morgan fingerprint density at radius 3 is 2.06 bits per heavy atom. The fourth-order valence-corrected chi connectivity index (χ4v) is 2.31. The average Bonchev–Trinajstić information content (AvgIpc) is 2.75. The number of nitrogens with one attached hydrogen (secondary N) is 1. The normalized spacial score (nSPS) is 11.6. The van der Waals surface area contributed by atoms with Crippen LogP contribution in [0.15, 0.2) is 48.9 Å². The molecule has 1 heterocycles. The standard InChI is InChI=1S/C14H13N3O3.C6H13NO2.BH3O2/c18-13(12-9-15-6-7-16-12)17-11(14(19)20)8-10-4-2-1-3-5-10;1-4(2)3-5(7)6(8)9;2-1-3/h1-7,9,11H,8H2,(H,17,18)(H,19,20);4-5H,3,7H2,1-2H3,(H,8,9);1-3H/t11-;5-;/m10./s1. The van der Waals surface area contributed by atoms with Gasteiger partial charge in [0, 0.05) is 18.8 Å². The van der Waals surface area contributed by atoms with Gasteiger partial charge in [-0.1, -0.05) is 44.2 Å². The molecule has 0 unspecified atom stereocenters. The number of amides is 1. The summed E-state index contributed by atoms with van der Waals surface area (Å²) in [5.74, 6) is -2.20. The summed E-state index contributed by atoms with van der Waals surface area (Å²) in [6.07, 6.45) is 4.87. The van der Waals surface area contributed by atoms with E-state index in [1.54, 1.807) is 0 Å². The van der Waals surface area contributed by atoms with Crippen molar-refractivity contribution in [2.75, 3.05) is 0 Å². The first kappa shape index (κ1) is 28.7. The van der Waals surface area contributed by atoms with E-state index >= 15 is 0 Å². The lowest BCUT2D eigenvalue weighted by molar-refractivity contribution is -0.140. The average molecular weight is 448 g/mol. The fraction of sp³-hybridized carbons (Fsp3) is 0.350. The van der Waals surface area contributed by atoms with Crippen LogP contribution in [-0.2, 0) is 16.0 Å². The third kappa shape index (κ3) is 13.1.